The molecule has 1 heteroatoms. The smallest absolute Gasteiger partial charge is 0.0729 e. The maximum absolute atomic E-state index is 2.51. The van der Waals surface area contributed by atoms with Crippen molar-refractivity contribution >= 4 is 0 Å². The van der Waals surface area contributed by atoms with Gasteiger partial charge in [0.15, 0.2) is 0 Å². The molecule has 2 aliphatic heterocycles. The molecule has 1 unspecified atom stereocenters. The van der Waals surface area contributed by atoms with Crippen molar-refractivity contribution < 1.29 is 0 Å². The highest BCUT2D eigenvalue weighted by Crippen LogP contribution is 2.37. The fraction of sp³-hybridized carbons (Fsp3) is 0.412. The van der Waals surface area contributed by atoms with Crippen molar-refractivity contribution in [2.45, 2.75) is 39.2 Å². The number of nitrogens with zero attached hydrogens (tertiary/aromatic N) is 1. The molecule has 18 heavy (non-hydrogen) atoms. The minimum atomic E-state index is 0.472. The summed E-state index contributed by atoms with van der Waals surface area (Å²) in [4.78, 5) is 2.51. The second kappa shape index (κ2) is 4.64. The fourth-order valence-electron chi connectivity index (χ4n) is 3.19. The molecule has 1 aromatic rings. The summed E-state index contributed by atoms with van der Waals surface area (Å²) < 4.78 is 0. The van der Waals surface area contributed by atoms with E-state index in [2.05, 4.69) is 55.3 Å². The predicted octanol–water partition coefficient (Wildman–Crippen LogP) is 4.23. The molecule has 0 saturated heterocycles. The third kappa shape index (κ3) is 1.78. The molecule has 0 bridgehead atoms. The van der Waals surface area contributed by atoms with Gasteiger partial charge in [-0.1, -0.05) is 44.2 Å². The van der Waals surface area contributed by atoms with Crippen LogP contribution >= 0.6 is 0 Å². The lowest BCUT2D eigenvalue weighted by molar-refractivity contribution is 0.299. The number of rotatable bonds is 2. The Labute approximate surface area is 110 Å². The van der Waals surface area contributed by atoms with Crippen LogP contribution in [0.2, 0.25) is 0 Å². The summed E-state index contributed by atoms with van der Waals surface area (Å²) in [6.45, 7) is 5.67. The molecule has 0 fully saturated rings. The summed E-state index contributed by atoms with van der Waals surface area (Å²) in [5.41, 5.74) is 6.09. The van der Waals surface area contributed by atoms with Crippen molar-refractivity contribution in [1.29, 1.82) is 0 Å². The van der Waals surface area contributed by atoms with Crippen molar-refractivity contribution in [2.24, 2.45) is 0 Å². The molecular weight excluding hydrogens is 218 g/mol. The number of fused-ring (bicyclic) bond motifs is 3. The van der Waals surface area contributed by atoms with Gasteiger partial charge in [0.05, 0.1) is 6.04 Å². The second-order valence-corrected chi connectivity index (χ2v) is 5.18. The lowest BCUT2D eigenvalue weighted by Gasteiger charge is -2.39. The largest absolute Gasteiger partial charge is 0.366 e. The van der Waals surface area contributed by atoms with Crippen LogP contribution < -0.4 is 0 Å². The third-order valence-corrected chi connectivity index (χ3v) is 4.23. The van der Waals surface area contributed by atoms with Gasteiger partial charge >= 0.3 is 0 Å². The lowest BCUT2D eigenvalue weighted by Crippen LogP contribution is -2.32. The quantitative estimate of drug-likeness (QED) is 0.746. The Morgan fingerprint density at radius 1 is 1.11 bits per heavy atom. The van der Waals surface area contributed by atoms with E-state index in [0.717, 1.165) is 19.4 Å². The van der Waals surface area contributed by atoms with E-state index in [0.29, 0.717) is 6.04 Å². The van der Waals surface area contributed by atoms with Gasteiger partial charge < -0.3 is 4.90 Å². The molecule has 0 spiro atoms. The Balaban J connectivity index is 2.03. The first-order valence-corrected chi connectivity index (χ1v) is 7.08. The van der Waals surface area contributed by atoms with Gasteiger partial charge in [0.2, 0.25) is 0 Å². The van der Waals surface area contributed by atoms with E-state index in [4.69, 9.17) is 0 Å². The maximum Gasteiger partial charge on any atom is 0.0729 e. The summed E-state index contributed by atoms with van der Waals surface area (Å²) in [5.74, 6) is 0. The molecule has 0 aliphatic carbocycles. The van der Waals surface area contributed by atoms with Gasteiger partial charge in [0, 0.05) is 12.7 Å². The first-order chi connectivity index (χ1) is 8.83. The Bertz CT molecular complexity index is 510. The average Bonchev–Trinajstić information content (AvgIpc) is 2.45. The third-order valence-electron chi connectivity index (χ3n) is 4.23. The van der Waals surface area contributed by atoms with Gasteiger partial charge in [0.25, 0.3) is 0 Å². The monoisotopic (exact) mass is 239 g/mol. The second-order valence-electron chi connectivity index (χ2n) is 5.18. The molecule has 0 radical (unpaired) electrons. The Morgan fingerprint density at radius 2 is 1.89 bits per heavy atom. The highest BCUT2D eigenvalue weighted by atomic mass is 15.1. The van der Waals surface area contributed by atoms with Crippen LogP contribution in [0.1, 0.15) is 43.9 Å². The van der Waals surface area contributed by atoms with Crippen LogP contribution in [0, 0.1) is 0 Å². The van der Waals surface area contributed by atoms with Crippen molar-refractivity contribution in [3.05, 3.63) is 58.8 Å². The summed E-state index contributed by atoms with van der Waals surface area (Å²) >= 11 is 0. The van der Waals surface area contributed by atoms with E-state index in [1.165, 1.54) is 28.7 Å². The van der Waals surface area contributed by atoms with Crippen molar-refractivity contribution in [2.75, 3.05) is 6.54 Å². The molecule has 3 rings (SSSR count). The van der Waals surface area contributed by atoms with Gasteiger partial charge in [0.1, 0.15) is 0 Å². The van der Waals surface area contributed by atoms with E-state index in [9.17, 15) is 0 Å². The first-order valence-electron chi connectivity index (χ1n) is 7.08. The molecule has 0 aromatic heterocycles. The van der Waals surface area contributed by atoms with Crippen LogP contribution in [-0.4, -0.2) is 11.4 Å². The fourth-order valence-corrected chi connectivity index (χ4v) is 3.19. The molecule has 2 aliphatic rings. The molecule has 94 valence electrons. The zero-order valence-electron chi connectivity index (χ0n) is 11.3. The van der Waals surface area contributed by atoms with Crippen LogP contribution in [0.5, 0.6) is 0 Å². The number of hydrogen-bond donors (Lipinski definition) is 0. The minimum absolute atomic E-state index is 0.472. The minimum Gasteiger partial charge on any atom is -0.366 e. The summed E-state index contributed by atoms with van der Waals surface area (Å²) in [7, 11) is 0. The Morgan fingerprint density at radius 3 is 2.67 bits per heavy atom. The molecular formula is C17H21N. The summed E-state index contributed by atoms with van der Waals surface area (Å²) in [5, 5.41) is 0. The van der Waals surface area contributed by atoms with Gasteiger partial charge in [-0.2, -0.15) is 0 Å². The predicted molar refractivity (Wildman–Crippen MR) is 76.3 cm³/mol. The van der Waals surface area contributed by atoms with Gasteiger partial charge in [-0.25, -0.2) is 0 Å². The lowest BCUT2D eigenvalue weighted by atomic mass is 9.87. The van der Waals surface area contributed by atoms with E-state index < -0.39 is 0 Å². The SMILES string of the molecule is CCC1=CC2c3ccccc3CCN2C=C1CC. The standard InChI is InChI=1S/C17H21N/c1-3-13-11-17-16-8-6-5-7-15(16)9-10-18(17)12-14(13)4-2/h5-8,11-12,17H,3-4,9-10H2,1-2H3. The molecule has 1 atom stereocenters. The highest BCUT2D eigenvalue weighted by molar-refractivity contribution is 5.43. The molecule has 1 nitrogen and oxygen atoms in total. The summed E-state index contributed by atoms with van der Waals surface area (Å²) in [6, 6.07) is 9.38. The molecule has 0 saturated carbocycles. The van der Waals surface area contributed by atoms with Crippen LogP contribution in [0.25, 0.3) is 0 Å². The average molecular weight is 239 g/mol. The molecule has 2 heterocycles. The molecule has 0 N–H and O–H groups in total. The van der Waals surface area contributed by atoms with E-state index in [-0.39, 0.29) is 0 Å². The van der Waals surface area contributed by atoms with E-state index in [1.807, 2.05) is 0 Å². The highest BCUT2D eigenvalue weighted by Gasteiger charge is 2.27. The number of hydrogen-bond acceptors (Lipinski definition) is 1. The maximum atomic E-state index is 2.51. The first kappa shape index (κ1) is 11.6. The number of allylic oxidation sites excluding steroid dienone is 2. The zero-order valence-corrected chi connectivity index (χ0v) is 11.3. The normalized spacial score (nSPS) is 21.9. The van der Waals surface area contributed by atoms with Crippen LogP contribution in [0.4, 0.5) is 0 Å². The van der Waals surface area contributed by atoms with Gasteiger partial charge in [-0.15, -0.1) is 0 Å². The topological polar surface area (TPSA) is 3.24 Å². The van der Waals surface area contributed by atoms with Crippen LogP contribution in [0.3, 0.4) is 0 Å². The summed E-state index contributed by atoms with van der Waals surface area (Å²) in [6.07, 6.45) is 8.35. The Hall–Kier alpha value is -1.50. The Kier molecular flexibility index (Phi) is 2.99. The number of benzene rings is 1. The van der Waals surface area contributed by atoms with E-state index in [1.54, 1.807) is 0 Å². The van der Waals surface area contributed by atoms with Crippen molar-refractivity contribution in [1.82, 2.24) is 4.90 Å². The zero-order chi connectivity index (χ0) is 12.5. The van der Waals surface area contributed by atoms with Crippen molar-refractivity contribution in [3.63, 3.8) is 0 Å². The van der Waals surface area contributed by atoms with Crippen LogP contribution in [0.15, 0.2) is 47.7 Å². The molecule has 0 amide bonds. The van der Waals surface area contributed by atoms with Gasteiger partial charge in [-0.05, 0) is 41.5 Å². The van der Waals surface area contributed by atoms with Crippen LogP contribution in [-0.2, 0) is 6.42 Å². The molecule has 1 aromatic carbocycles. The van der Waals surface area contributed by atoms with Gasteiger partial charge in [-0.3, -0.25) is 0 Å². The van der Waals surface area contributed by atoms with Crippen molar-refractivity contribution in [3.8, 4) is 0 Å². The van der Waals surface area contributed by atoms with E-state index >= 15 is 0 Å².